The van der Waals surface area contributed by atoms with Crippen LogP contribution in [0.5, 0.6) is 0 Å². The van der Waals surface area contributed by atoms with Gasteiger partial charge in [0, 0.05) is 0 Å². The van der Waals surface area contributed by atoms with Gasteiger partial charge in [-0.2, -0.15) is 0 Å². The molecule has 0 amide bonds. The van der Waals surface area contributed by atoms with Crippen LogP contribution in [-0.2, 0) is 13.8 Å². The highest BCUT2D eigenvalue weighted by atomic mass is 31.2. The van der Waals surface area contributed by atoms with E-state index in [4.69, 9.17) is 29.4 Å². The lowest BCUT2D eigenvalue weighted by molar-refractivity contribution is -0.116. The van der Waals surface area contributed by atoms with Gasteiger partial charge in [0.25, 0.3) is 0 Å². The molecule has 1 aliphatic heterocycles. The fourth-order valence-electron chi connectivity index (χ4n) is 1.25. The molecule has 1 unspecified atom stereocenters. The van der Waals surface area contributed by atoms with Gasteiger partial charge in [0.05, 0.1) is 6.61 Å². The van der Waals surface area contributed by atoms with Crippen molar-refractivity contribution in [3.8, 4) is 0 Å². The summed E-state index contributed by atoms with van der Waals surface area (Å²) in [4.78, 5) is 34.5. The Bertz CT molecular complexity index is 214. The molecule has 0 spiro atoms. The first-order chi connectivity index (χ1) is 7.45. The third-order valence-electron chi connectivity index (χ3n) is 1.89. The molecule has 0 aromatic heterocycles. The van der Waals surface area contributed by atoms with Gasteiger partial charge in [0.2, 0.25) is 0 Å². The fourth-order valence-corrected chi connectivity index (χ4v) is 2.05. The molecule has 0 radical (unpaired) electrons. The molecule has 0 bridgehead atoms. The van der Waals surface area contributed by atoms with Crippen molar-refractivity contribution in [3.63, 3.8) is 0 Å². The van der Waals surface area contributed by atoms with Crippen LogP contribution in [0.25, 0.3) is 0 Å². The summed E-state index contributed by atoms with van der Waals surface area (Å²) in [5, 5.41) is 18.3. The SMILES string of the molecule is OC[C@H]1OC(OP(O)O)[C@H](OP(O)O)[C@H]1O. The lowest BCUT2D eigenvalue weighted by atomic mass is 10.1. The van der Waals surface area contributed by atoms with Gasteiger partial charge in [0.1, 0.15) is 18.3 Å². The van der Waals surface area contributed by atoms with Crippen LogP contribution in [0.3, 0.4) is 0 Å². The van der Waals surface area contributed by atoms with E-state index in [0.29, 0.717) is 0 Å². The maximum atomic E-state index is 9.52. The summed E-state index contributed by atoms with van der Waals surface area (Å²) in [5.41, 5.74) is 0. The molecule has 0 saturated carbocycles. The topological polar surface area (TPSA) is 149 Å². The molecule has 96 valence electrons. The maximum absolute atomic E-state index is 9.52. The highest BCUT2D eigenvalue weighted by molar-refractivity contribution is 7.39. The molecule has 11 heteroatoms. The van der Waals surface area contributed by atoms with E-state index in [9.17, 15) is 5.11 Å². The smallest absolute Gasteiger partial charge is 0.329 e. The second-order valence-corrected chi connectivity index (χ2v) is 4.33. The summed E-state index contributed by atoms with van der Waals surface area (Å²) in [6.07, 6.45) is -5.13. The number of ether oxygens (including phenoxy) is 1. The predicted octanol–water partition coefficient (Wildman–Crippen LogP) is -2.11. The summed E-state index contributed by atoms with van der Waals surface area (Å²) >= 11 is 0. The molecule has 0 aromatic carbocycles. The van der Waals surface area contributed by atoms with Crippen LogP contribution in [0.1, 0.15) is 0 Å². The van der Waals surface area contributed by atoms with Crippen molar-refractivity contribution in [1.82, 2.24) is 0 Å². The van der Waals surface area contributed by atoms with Crippen molar-refractivity contribution in [3.05, 3.63) is 0 Å². The molecule has 1 heterocycles. The number of aliphatic hydroxyl groups is 2. The van der Waals surface area contributed by atoms with E-state index in [0.717, 1.165) is 0 Å². The zero-order chi connectivity index (χ0) is 12.3. The van der Waals surface area contributed by atoms with Gasteiger partial charge in [-0.05, 0) is 0 Å². The molecule has 1 saturated heterocycles. The number of aliphatic hydroxyl groups excluding tert-OH is 2. The van der Waals surface area contributed by atoms with E-state index in [1.54, 1.807) is 0 Å². The van der Waals surface area contributed by atoms with Crippen molar-refractivity contribution < 1.29 is 43.6 Å². The fraction of sp³-hybridized carbons (Fsp3) is 1.00. The van der Waals surface area contributed by atoms with Gasteiger partial charge >= 0.3 is 17.2 Å². The largest absolute Gasteiger partial charge is 0.394 e. The van der Waals surface area contributed by atoms with Crippen LogP contribution < -0.4 is 0 Å². The van der Waals surface area contributed by atoms with Crippen molar-refractivity contribution in [2.24, 2.45) is 0 Å². The summed E-state index contributed by atoms with van der Waals surface area (Å²) in [6.45, 7) is -0.551. The number of hydrogen-bond donors (Lipinski definition) is 6. The normalized spacial score (nSPS) is 35.2. The first-order valence-corrected chi connectivity index (χ1v) is 6.42. The summed E-state index contributed by atoms with van der Waals surface area (Å²) in [5.74, 6) is 0. The van der Waals surface area contributed by atoms with Crippen molar-refractivity contribution >= 4 is 17.2 Å². The summed E-state index contributed by atoms with van der Waals surface area (Å²) in [6, 6.07) is 0. The average Bonchev–Trinajstić information content (AvgIpc) is 2.44. The van der Waals surface area contributed by atoms with Crippen LogP contribution in [0.2, 0.25) is 0 Å². The van der Waals surface area contributed by atoms with Gasteiger partial charge in [-0.3, -0.25) is 4.52 Å². The first-order valence-electron chi connectivity index (χ1n) is 4.09. The Morgan fingerprint density at radius 2 is 1.62 bits per heavy atom. The molecule has 1 aliphatic rings. The van der Waals surface area contributed by atoms with Crippen LogP contribution >= 0.6 is 17.2 Å². The lowest BCUT2D eigenvalue weighted by Crippen LogP contribution is -2.35. The van der Waals surface area contributed by atoms with E-state index in [2.05, 4.69) is 9.05 Å². The van der Waals surface area contributed by atoms with Crippen molar-refractivity contribution in [1.29, 1.82) is 0 Å². The predicted molar refractivity (Wildman–Crippen MR) is 50.4 cm³/mol. The van der Waals surface area contributed by atoms with Crippen LogP contribution in [0.15, 0.2) is 0 Å². The minimum Gasteiger partial charge on any atom is -0.394 e. The van der Waals surface area contributed by atoms with Gasteiger partial charge < -0.3 is 39.0 Å². The Hall–Kier alpha value is 0.500. The lowest BCUT2D eigenvalue weighted by Gasteiger charge is -2.20. The van der Waals surface area contributed by atoms with E-state index in [1.807, 2.05) is 0 Å². The van der Waals surface area contributed by atoms with E-state index < -0.39 is 48.4 Å². The van der Waals surface area contributed by atoms with Crippen LogP contribution in [0.4, 0.5) is 0 Å². The van der Waals surface area contributed by atoms with E-state index >= 15 is 0 Å². The Morgan fingerprint density at radius 3 is 2.06 bits per heavy atom. The van der Waals surface area contributed by atoms with Crippen LogP contribution in [-0.4, -0.2) is 61.0 Å². The Kier molecular flexibility index (Phi) is 5.86. The molecule has 4 atom stereocenters. The summed E-state index contributed by atoms with van der Waals surface area (Å²) in [7, 11) is -5.53. The highest BCUT2D eigenvalue weighted by Gasteiger charge is 2.47. The van der Waals surface area contributed by atoms with Gasteiger partial charge in [-0.1, -0.05) is 0 Å². The summed E-state index contributed by atoms with van der Waals surface area (Å²) < 4.78 is 13.9. The Balaban J connectivity index is 2.65. The maximum Gasteiger partial charge on any atom is 0.329 e. The molecular weight excluding hydrogens is 266 g/mol. The number of rotatable bonds is 5. The molecular formula is C5H12O9P2. The Labute approximate surface area is 92.8 Å². The average molecular weight is 278 g/mol. The molecule has 6 N–H and O–H groups in total. The van der Waals surface area contributed by atoms with Crippen molar-refractivity contribution in [2.45, 2.75) is 24.6 Å². The van der Waals surface area contributed by atoms with E-state index in [1.165, 1.54) is 0 Å². The molecule has 0 aromatic rings. The second kappa shape index (κ2) is 6.44. The second-order valence-electron chi connectivity index (χ2n) is 2.90. The third kappa shape index (κ3) is 3.76. The molecule has 1 rings (SSSR count). The molecule has 1 fully saturated rings. The molecule has 9 nitrogen and oxygen atoms in total. The zero-order valence-corrected chi connectivity index (χ0v) is 9.61. The quantitative estimate of drug-likeness (QED) is 0.310. The van der Waals surface area contributed by atoms with Gasteiger partial charge in [-0.15, -0.1) is 0 Å². The standard InChI is InChI=1S/C5H12O9P2/c6-1-2-3(7)4(13-15(8)9)5(12-2)14-16(10)11/h2-11H,1H2/t2-,3+,4-,5?/m1/s1. The molecule has 0 aliphatic carbocycles. The number of hydrogen-bond acceptors (Lipinski definition) is 9. The monoisotopic (exact) mass is 278 g/mol. The minimum atomic E-state index is -2.77. The zero-order valence-electron chi connectivity index (χ0n) is 7.82. The van der Waals surface area contributed by atoms with Crippen molar-refractivity contribution in [2.75, 3.05) is 6.61 Å². The van der Waals surface area contributed by atoms with Crippen LogP contribution in [0, 0.1) is 0 Å². The Morgan fingerprint density at radius 1 is 1.06 bits per heavy atom. The van der Waals surface area contributed by atoms with Gasteiger partial charge in [-0.25, -0.2) is 0 Å². The third-order valence-corrected chi connectivity index (χ3v) is 2.72. The minimum absolute atomic E-state index is 0.551. The van der Waals surface area contributed by atoms with E-state index in [-0.39, 0.29) is 0 Å². The molecule has 16 heavy (non-hydrogen) atoms. The highest BCUT2D eigenvalue weighted by Crippen LogP contribution is 2.39. The first kappa shape index (κ1) is 14.6. The van der Waals surface area contributed by atoms with Gasteiger partial charge in [0.15, 0.2) is 6.29 Å².